The summed E-state index contributed by atoms with van der Waals surface area (Å²) in [7, 11) is 0. The van der Waals surface area contributed by atoms with E-state index in [0.717, 1.165) is 15.4 Å². The van der Waals surface area contributed by atoms with Gasteiger partial charge < -0.3 is 5.32 Å². The van der Waals surface area contributed by atoms with Crippen LogP contribution in [0.3, 0.4) is 0 Å². The Bertz CT molecular complexity index is 1050. The van der Waals surface area contributed by atoms with Gasteiger partial charge in [0.2, 0.25) is 0 Å². The molecular weight excluding hydrogens is 336 g/mol. The standard InChI is InChI=1S/C17H16N6OS/c1-11-9-23-15(12(2)19-17(23)25-11)16(24)20-14-5-8-22(21-14)10-13-3-6-18-7-4-13/h3-9H,10H2,1-2H3,(H,20,21,24). The number of pyridine rings is 1. The average molecular weight is 352 g/mol. The Kier molecular flexibility index (Phi) is 3.81. The Labute approximate surface area is 148 Å². The lowest BCUT2D eigenvalue weighted by atomic mass is 10.3. The lowest BCUT2D eigenvalue weighted by Crippen LogP contribution is -2.16. The van der Waals surface area contributed by atoms with Crippen LogP contribution in [0, 0.1) is 13.8 Å². The summed E-state index contributed by atoms with van der Waals surface area (Å²) >= 11 is 1.56. The average Bonchev–Trinajstić information content (AvgIpc) is 3.22. The van der Waals surface area contributed by atoms with E-state index >= 15 is 0 Å². The number of aryl methyl sites for hydroxylation is 2. The number of anilines is 1. The first-order chi connectivity index (χ1) is 12.1. The Morgan fingerprint density at radius 2 is 2.04 bits per heavy atom. The zero-order valence-electron chi connectivity index (χ0n) is 13.8. The minimum absolute atomic E-state index is 0.211. The van der Waals surface area contributed by atoms with Gasteiger partial charge in [-0.2, -0.15) is 5.10 Å². The number of carbonyl (C=O) groups is 1. The van der Waals surface area contributed by atoms with Gasteiger partial charge in [-0.05, 0) is 31.5 Å². The summed E-state index contributed by atoms with van der Waals surface area (Å²) in [6.45, 7) is 4.46. The van der Waals surface area contributed by atoms with Gasteiger partial charge in [-0.3, -0.25) is 18.9 Å². The molecule has 0 radical (unpaired) electrons. The summed E-state index contributed by atoms with van der Waals surface area (Å²) in [6.07, 6.45) is 7.26. The molecule has 1 amide bonds. The second-order valence-electron chi connectivity index (χ2n) is 5.75. The molecule has 0 aromatic carbocycles. The fourth-order valence-electron chi connectivity index (χ4n) is 2.71. The first-order valence-corrected chi connectivity index (χ1v) is 8.60. The molecule has 4 aromatic rings. The molecule has 0 aliphatic rings. The van der Waals surface area contributed by atoms with Crippen molar-refractivity contribution in [3.63, 3.8) is 0 Å². The lowest BCUT2D eigenvalue weighted by Gasteiger charge is -2.03. The van der Waals surface area contributed by atoms with Crippen molar-refractivity contribution in [2.75, 3.05) is 5.32 Å². The molecule has 25 heavy (non-hydrogen) atoms. The third-order valence-corrected chi connectivity index (χ3v) is 4.71. The fraction of sp³-hybridized carbons (Fsp3) is 0.176. The van der Waals surface area contributed by atoms with Crippen LogP contribution in [0.2, 0.25) is 0 Å². The minimum Gasteiger partial charge on any atom is -0.304 e. The van der Waals surface area contributed by atoms with Gasteiger partial charge in [0.25, 0.3) is 5.91 Å². The molecule has 4 rings (SSSR count). The van der Waals surface area contributed by atoms with Crippen LogP contribution in [0.15, 0.2) is 43.0 Å². The SMILES string of the molecule is Cc1cn2c(C(=O)Nc3ccn(Cc4ccncc4)n3)c(C)nc2s1. The molecule has 0 bridgehead atoms. The molecule has 0 saturated carbocycles. The number of nitrogens with zero attached hydrogens (tertiary/aromatic N) is 5. The highest BCUT2D eigenvalue weighted by atomic mass is 32.1. The van der Waals surface area contributed by atoms with Gasteiger partial charge in [-0.1, -0.05) is 0 Å². The van der Waals surface area contributed by atoms with Gasteiger partial charge in [-0.15, -0.1) is 11.3 Å². The lowest BCUT2D eigenvalue weighted by molar-refractivity contribution is 0.102. The topological polar surface area (TPSA) is 77.1 Å². The van der Waals surface area contributed by atoms with E-state index in [9.17, 15) is 4.79 Å². The Balaban J connectivity index is 1.54. The summed E-state index contributed by atoms with van der Waals surface area (Å²) in [4.78, 5) is 23.0. The van der Waals surface area contributed by atoms with Crippen molar-refractivity contribution in [2.24, 2.45) is 0 Å². The van der Waals surface area contributed by atoms with Crippen LogP contribution >= 0.6 is 11.3 Å². The molecule has 0 fully saturated rings. The first kappa shape index (κ1) is 15.5. The molecule has 0 saturated heterocycles. The number of hydrogen-bond acceptors (Lipinski definition) is 5. The highest BCUT2D eigenvalue weighted by molar-refractivity contribution is 7.17. The van der Waals surface area contributed by atoms with Crippen LogP contribution in [-0.2, 0) is 6.54 Å². The number of nitrogens with one attached hydrogen (secondary N) is 1. The Morgan fingerprint density at radius 3 is 2.84 bits per heavy atom. The molecule has 4 heterocycles. The molecule has 7 nitrogen and oxygen atoms in total. The largest absolute Gasteiger partial charge is 0.304 e. The molecule has 0 atom stereocenters. The van der Waals surface area contributed by atoms with Crippen LogP contribution in [0.25, 0.3) is 4.96 Å². The van der Waals surface area contributed by atoms with Crippen LogP contribution < -0.4 is 5.32 Å². The molecule has 0 unspecified atom stereocenters. The van der Waals surface area contributed by atoms with Crippen LogP contribution in [0.1, 0.15) is 26.6 Å². The van der Waals surface area contributed by atoms with Gasteiger partial charge in [0, 0.05) is 35.7 Å². The maximum absolute atomic E-state index is 12.7. The van der Waals surface area contributed by atoms with Gasteiger partial charge in [0.05, 0.1) is 12.2 Å². The number of thiazole rings is 1. The number of amides is 1. The van der Waals surface area contributed by atoms with Crippen molar-refractivity contribution in [1.82, 2.24) is 24.1 Å². The van der Waals surface area contributed by atoms with E-state index in [1.807, 2.05) is 42.8 Å². The zero-order chi connectivity index (χ0) is 17.4. The van der Waals surface area contributed by atoms with Gasteiger partial charge in [0.15, 0.2) is 10.8 Å². The number of imidazole rings is 1. The summed E-state index contributed by atoms with van der Waals surface area (Å²) in [5, 5.41) is 7.26. The molecule has 8 heteroatoms. The normalized spacial score (nSPS) is 11.1. The van der Waals surface area contributed by atoms with E-state index < -0.39 is 0 Å². The van der Waals surface area contributed by atoms with Crippen molar-refractivity contribution in [3.05, 3.63) is 64.8 Å². The highest BCUT2D eigenvalue weighted by Crippen LogP contribution is 2.21. The molecule has 1 N–H and O–H groups in total. The van der Waals surface area contributed by atoms with Crippen molar-refractivity contribution < 1.29 is 4.79 Å². The van der Waals surface area contributed by atoms with Crippen molar-refractivity contribution >= 4 is 28.0 Å². The van der Waals surface area contributed by atoms with Crippen molar-refractivity contribution in [2.45, 2.75) is 20.4 Å². The van der Waals surface area contributed by atoms with Gasteiger partial charge >= 0.3 is 0 Å². The van der Waals surface area contributed by atoms with Crippen molar-refractivity contribution in [3.8, 4) is 0 Å². The second kappa shape index (κ2) is 6.14. The third kappa shape index (κ3) is 3.03. The Hall–Kier alpha value is -3.00. The molecule has 0 spiro atoms. The monoisotopic (exact) mass is 352 g/mol. The third-order valence-electron chi connectivity index (χ3n) is 3.81. The fourth-order valence-corrected chi connectivity index (χ4v) is 3.58. The maximum atomic E-state index is 12.7. The first-order valence-electron chi connectivity index (χ1n) is 7.79. The zero-order valence-corrected chi connectivity index (χ0v) is 14.6. The Morgan fingerprint density at radius 1 is 1.24 bits per heavy atom. The number of fused-ring (bicyclic) bond motifs is 1. The van der Waals surface area contributed by atoms with Crippen LogP contribution in [0.4, 0.5) is 5.82 Å². The van der Waals surface area contributed by atoms with Gasteiger partial charge in [-0.25, -0.2) is 4.98 Å². The van der Waals surface area contributed by atoms with E-state index in [2.05, 4.69) is 20.4 Å². The van der Waals surface area contributed by atoms with Crippen LogP contribution in [0.5, 0.6) is 0 Å². The van der Waals surface area contributed by atoms with E-state index in [1.165, 1.54) is 0 Å². The summed E-state index contributed by atoms with van der Waals surface area (Å²) in [6, 6.07) is 5.65. The van der Waals surface area contributed by atoms with E-state index in [4.69, 9.17) is 0 Å². The predicted molar refractivity (Wildman–Crippen MR) is 96.1 cm³/mol. The summed E-state index contributed by atoms with van der Waals surface area (Å²) in [5.41, 5.74) is 2.35. The molecule has 126 valence electrons. The highest BCUT2D eigenvalue weighted by Gasteiger charge is 2.19. The molecular formula is C17H16N6OS. The van der Waals surface area contributed by atoms with Gasteiger partial charge in [0.1, 0.15) is 5.69 Å². The number of rotatable bonds is 4. The van der Waals surface area contributed by atoms with Crippen molar-refractivity contribution in [1.29, 1.82) is 0 Å². The van der Waals surface area contributed by atoms with E-state index in [0.29, 0.717) is 23.8 Å². The smallest absolute Gasteiger partial charge is 0.275 e. The minimum atomic E-state index is -0.211. The number of carbonyl (C=O) groups excluding carboxylic acids is 1. The summed E-state index contributed by atoms with van der Waals surface area (Å²) < 4.78 is 3.61. The molecule has 0 aliphatic carbocycles. The van der Waals surface area contributed by atoms with E-state index in [1.54, 1.807) is 34.5 Å². The molecule has 4 aromatic heterocycles. The quantitative estimate of drug-likeness (QED) is 0.613. The maximum Gasteiger partial charge on any atom is 0.275 e. The number of aromatic nitrogens is 5. The summed E-state index contributed by atoms with van der Waals surface area (Å²) in [5.74, 6) is 0.303. The van der Waals surface area contributed by atoms with E-state index in [-0.39, 0.29) is 5.91 Å². The van der Waals surface area contributed by atoms with Crippen LogP contribution in [-0.4, -0.2) is 30.1 Å². The second-order valence-corrected chi connectivity index (χ2v) is 6.96. The number of hydrogen-bond donors (Lipinski definition) is 1. The molecule has 0 aliphatic heterocycles. The predicted octanol–water partition coefficient (Wildman–Crippen LogP) is 2.90.